The molecule has 0 aliphatic heterocycles. The third-order valence-corrected chi connectivity index (χ3v) is 1.77. The molecule has 0 atom stereocenters. The van der Waals surface area contributed by atoms with Crippen LogP contribution in [0.2, 0.25) is 0 Å². The highest BCUT2D eigenvalue weighted by molar-refractivity contribution is 5.82. The van der Waals surface area contributed by atoms with Crippen LogP contribution in [0.15, 0.2) is 25.3 Å². The van der Waals surface area contributed by atoms with Crippen molar-refractivity contribution in [3.63, 3.8) is 0 Å². The minimum absolute atomic E-state index is 0.0498. The van der Waals surface area contributed by atoms with Gasteiger partial charge in [-0.1, -0.05) is 13.2 Å². The lowest BCUT2D eigenvalue weighted by atomic mass is 9.95. The molecule has 0 aromatic carbocycles. The quantitative estimate of drug-likeness (QED) is 0.400. The number of ether oxygens (including phenoxy) is 2. The van der Waals surface area contributed by atoms with Crippen LogP contribution in [0.5, 0.6) is 0 Å². The third-order valence-electron chi connectivity index (χ3n) is 1.77. The number of hydrogen-bond acceptors (Lipinski definition) is 5. The van der Waals surface area contributed by atoms with E-state index in [9.17, 15) is 9.59 Å². The predicted molar refractivity (Wildman–Crippen MR) is 59.2 cm³/mol. The van der Waals surface area contributed by atoms with Crippen LogP contribution in [0, 0.1) is 10.8 Å². The Bertz CT molecular complexity index is 285. The Kier molecular flexibility index (Phi) is 5.77. The van der Waals surface area contributed by atoms with Gasteiger partial charge in [-0.05, 0) is 6.92 Å². The molecule has 5 nitrogen and oxygen atoms in total. The fraction of sp³-hybridized carbons (Fsp3) is 0.364. The topological polar surface area (TPSA) is 76.5 Å². The average Bonchev–Trinajstić information content (AvgIpc) is 2.32. The fourth-order valence-electron chi connectivity index (χ4n) is 0.715. The Hall–Kier alpha value is -1.91. The van der Waals surface area contributed by atoms with Crippen molar-refractivity contribution in [1.29, 1.82) is 5.41 Å². The van der Waals surface area contributed by atoms with Crippen molar-refractivity contribution in [2.75, 3.05) is 13.2 Å². The number of esters is 2. The molecule has 88 valence electrons. The van der Waals surface area contributed by atoms with Crippen molar-refractivity contribution in [2.45, 2.75) is 6.92 Å². The van der Waals surface area contributed by atoms with E-state index in [2.05, 4.69) is 13.2 Å². The van der Waals surface area contributed by atoms with Crippen LogP contribution in [0.4, 0.5) is 0 Å². The van der Waals surface area contributed by atoms with Gasteiger partial charge >= 0.3 is 11.9 Å². The van der Waals surface area contributed by atoms with Crippen LogP contribution in [-0.2, 0) is 19.1 Å². The summed E-state index contributed by atoms with van der Waals surface area (Å²) in [5.41, 5.74) is -0.836. The normalized spacial score (nSPS) is 10.1. The summed E-state index contributed by atoms with van der Waals surface area (Å²) in [7, 11) is 0. The van der Waals surface area contributed by atoms with Crippen LogP contribution in [0.1, 0.15) is 6.92 Å². The van der Waals surface area contributed by atoms with Crippen LogP contribution >= 0.6 is 0 Å². The highest BCUT2D eigenvalue weighted by atomic mass is 16.5. The number of nitrogens with one attached hydrogen (secondary N) is 1. The van der Waals surface area contributed by atoms with E-state index in [1.165, 1.54) is 0 Å². The molecule has 0 radical (unpaired) electrons. The van der Waals surface area contributed by atoms with E-state index in [0.29, 0.717) is 0 Å². The summed E-state index contributed by atoms with van der Waals surface area (Å²) in [6.07, 6.45) is 3.12. The van der Waals surface area contributed by atoms with Crippen molar-refractivity contribution in [3.05, 3.63) is 25.3 Å². The SMILES string of the molecule is C=CC(=O)OCC(C)(C=N)COC(=O)C=C. The van der Waals surface area contributed by atoms with Gasteiger partial charge in [-0.15, -0.1) is 0 Å². The zero-order valence-electron chi connectivity index (χ0n) is 9.19. The predicted octanol–water partition coefficient (Wildman–Crippen LogP) is 1.10. The smallest absolute Gasteiger partial charge is 0.330 e. The Balaban J connectivity index is 4.24. The molecule has 0 aliphatic rings. The second-order valence-electron chi connectivity index (χ2n) is 3.42. The van der Waals surface area contributed by atoms with E-state index in [1.54, 1.807) is 6.92 Å². The molecule has 0 rings (SSSR count). The third kappa shape index (κ3) is 5.09. The van der Waals surface area contributed by atoms with Crippen molar-refractivity contribution >= 4 is 18.2 Å². The van der Waals surface area contributed by atoms with E-state index in [1.807, 2.05) is 0 Å². The zero-order valence-corrected chi connectivity index (χ0v) is 9.19. The molecule has 0 aromatic rings. The monoisotopic (exact) mass is 225 g/mol. The molecular formula is C11H15NO4. The van der Waals surface area contributed by atoms with E-state index >= 15 is 0 Å². The number of rotatable bonds is 7. The summed E-state index contributed by atoms with van der Waals surface area (Å²) in [4.78, 5) is 21.7. The maximum Gasteiger partial charge on any atom is 0.330 e. The molecule has 0 saturated carbocycles. The summed E-state index contributed by atoms with van der Waals surface area (Å²) in [6, 6.07) is 0. The van der Waals surface area contributed by atoms with Crippen LogP contribution < -0.4 is 0 Å². The second kappa shape index (κ2) is 6.55. The summed E-state index contributed by atoms with van der Waals surface area (Å²) >= 11 is 0. The van der Waals surface area contributed by atoms with Crippen LogP contribution in [0.25, 0.3) is 0 Å². The fourth-order valence-corrected chi connectivity index (χ4v) is 0.715. The van der Waals surface area contributed by atoms with Gasteiger partial charge in [0.1, 0.15) is 13.2 Å². The van der Waals surface area contributed by atoms with Crippen molar-refractivity contribution in [2.24, 2.45) is 5.41 Å². The first-order valence-corrected chi connectivity index (χ1v) is 4.57. The average molecular weight is 225 g/mol. The maximum atomic E-state index is 10.8. The Labute approximate surface area is 94.2 Å². The second-order valence-corrected chi connectivity index (χ2v) is 3.42. The molecule has 0 spiro atoms. The van der Waals surface area contributed by atoms with Gasteiger partial charge < -0.3 is 14.9 Å². The van der Waals surface area contributed by atoms with E-state index in [4.69, 9.17) is 14.9 Å². The van der Waals surface area contributed by atoms with Gasteiger partial charge in [-0.2, -0.15) is 0 Å². The molecule has 0 fully saturated rings. The maximum absolute atomic E-state index is 10.8. The Morgan fingerprint density at radius 3 is 1.81 bits per heavy atom. The summed E-state index contributed by atoms with van der Waals surface area (Å²) < 4.78 is 9.58. The number of carbonyl (C=O) groups is 2. The largest absolute Gasteiger partial charge is 0.461 e. The first kappa shape index (κ1) is 14.1. The van der Waals surface area contributed by atoms with Gasteiger partial charge in [0.25, 0.3) is 0 Å². The van der Waals surface area contributed by atoms with Gasteiger partial charge in [0.15, 0.2) is 0 Å². The zero-order chi connectivity index (χ0) is 12.6. The first-order valence-electron chi connectivity index (χ1n) is 4.57. The molecule has 0 heterocycles. The minimum atomic E-state index is -0.836. The lowest BCUT2D eigenvalue weighted by Gasteiger charge is -2.22. The number of hydrogen-bond donors (Lipinski definition) is 1. The minimum Gasteiger partial charge on any atom is -0.461 e. The summed E-state index contributed by atoms with van der Waals surface area (Å²) in [5, 5.41) is 7.20. The molecule has 1 N–H and O–H groups in total. The first-order chi connectivity index (χ1) is 7.47. The van der Waals surface area contributed by atoms with Crippen LogP contribution in [-0.4, -0.2) is 31.4 Å². The van der Waals surface area contributed by atoms with E-state index < -0.39 is 17.4 Å². The van der Waals surface area contributed by atoms with Gasteiger partial charge in [-0.25, -0.2) is 9.59 Å². The number of carbonyl (C=O) groups excluding carboxylic acids is 2. The highest BCUT2D eigenvalue weighted by Gasteiger charge is 2.25. The molecule has 0 amide bonds. The van der Waals surface area contributed by atoms with Crippen molar-refractivity contribution in [1.82, 2.24) is 0 Å². The van der Waals surface area contributed by atoms with Crippen molar-refractivity contribution in [3.8, 4) is 0 Å². The van der Waals surface area contributed by atoms with Crippen molar-refractivity contribution < 1.29 is 19.1 Å². The molecular weight excluding hydrogens is 210 g/mol. The molecule has 0 aliphatic carbocycles. The van der Waals surface area contributed by atoms with Crippen LogP contribution in [0.3, 0.4) is 0 Å². The Morgan fingerprint density at radius 1 is 1.19 bits per heavy atom. The van der Waals surface area contributed by atoms with Gasteiger partial charge in [-0.3, -0.25) is 0 Å². The van der Waals surface area contributed by atoms with E-state index in [-0.39, 0.29) is 13.2 Å². The molecule has 5 heteroatoms. The summed E-state index contributed by atoms with van der Waals surface area (Å²) in [5.74, 6) is -1.16. The van der Waals surface area contributed by atoms with Gasteiger partial charge in [0.2, 0.25) is 0 Å². The highest BCUT2D eigenvalue weighted by Crippen LogP contribution is 2.14. The summed E-state index contributed by atoms with van der Waals surface area (Å²) in [6.45, 7) is 8.02. The standard InChI is InChI=1S/C11H15NO4/c1-4-9(13)15-7-11(3,6-12)8-16-10(14)5-2/h4-6,12H,1-2,7-8H2,3H3. The lowest BCUT2D eigenvalue weighted by molar-refractivity contribution is -0.144. The van der Waals surface area contributed by atoms with Gasteiger partial charge in [0.05, 0.1) is 5.41 Å². The lowest BCUT2D eigenvalue weighted by Crippen LogP contribution is -2.32. The molecule has 0 bridgehead atoms. The molecule has 0 unspecified atom stereocenters. The van der Waals surface area contributed by atoms with E-state index in [0.717, 1.165) is 18.4 Å². The molecule has 0 aromatic heterocycles. The Morgan fingerprint density at radius 2 is 1.56 bits per heavy atom. The molecule has 16 heavy (non-hydrogen) atoms. The van der Waals surface area contributed by atoms with Gasteiger partial charge in [0, 0.05) is 18.4 Å². The molecule has 0 saturated heterocycles.